The molecule has 1 saturated carbocycles. The summed E-state index contributed by atoms with van der Waals surface area (Å²) < 4.78 is 10.6. The van der Waals surface area contributed by atoms with E-state index in [1.807, 2.05) is 14.0 Å². The van der Waals surface area contributed by atoms with Gasteiger partial charge in [-0.2, -0.15) is 0 Å². The summed E-state index contributed by atoms with van der Waals surface area (Å²) in [7, 11) is 5.07. The number of methoxy groups -OCH3 is 2. The van der Waals surface area contributed by atoms with E-state index < -0.39 is 0 Å². The smallest absolute Gasteiger partial charge is 0.253 e. The number of carbonyl (C=O) groups is 1. The molecule has 1 aliphatic carbocycles. The van der Waals surface area contributed by atoms with Gasteiger partial charge in [0.25, 0.3) is 5.91 Å². The second-order valence-corrected chi connectivity index (χ2v) is 5.49. The summed E-state index contributed by atoms with van der Waals surface area (Å²) in [5, 5.41) is 0. The van der Waals surface area contributed by atoms with Gasteiger partial charge >= 0.3 is 0 Å². The molecule has 110 valence electrons. The first-order valence-electron chi connectivity index (χ1n) is 7.05. The first-order valence-corrected chi connectivity index (χ1v) is 7.05. The Bertz CT molecular complexity index is 469. The van der Waals surface area contributed by atoms with Crippen LogP contribution in [0.4, 0.5) is 0 Å². The monoisotopic (exact) mass is 277 g/mol. The molecule has 1 aromatic rings. The van der Waals surface area contributed by atoms with Crippen molar-refractivity contribution < 1.29 is 14.3 Å². The maximum atomic E-state index is 12.5. The molecule has 20 heavy (non-hydrogen) atoms. The maximum Gasteiger partial charge on any atom is 0.253 e. The van der Waals surface area contributed by atoms with E-state index in [2.05, 4.69) is 0 Å². The van der Waals surface area contributed by atoms with Crippen LogP contribution in [0.15, 0.2) is 12.1 Å². The molecule has 0 N–H and O–H groups in total. The number of amides is 1. The van der Waals surface area contributed by atoms with E-state index in [-0.39, 0.29) is 5.91 Å². The minimum atomic E-state index is 0.0218. The van der Waals surface area contributed by atoms with Gasteiger partial charge in [-0.3, -0.25) is 4.79 Å². The average molecular weight is 277 g/mol. The van der Waals surface area contributed by atoms with Gasteiger partial charge in [0, 0.05) is 24.7 Å². The van der Waals surface area contributed by atoms with Crippen molar-refractivity contribution in [3.63, 3.8) is 0 Å². The lowest BCUT2D eigenvalue weighted by Gasteiger charge is -2.30. The van der Waals surface area contributed by atoms with Crippen LogP contribution >= 0.6 is 0 Å². The van der Waals surface area contributed by atoms with Crippen LogP contribution in [-0.4, -0.2) is 38.6 Å². The number of nitrogens with zero attached hydrogens (tertiary/aromatic N) is 1. The Labute approximate surface area is 120 Å². The summed E-state index contributed by atoms with van der Waals surface area (Å²) in [5.74, 6) is 2.06. The summed E-state index contributed by atoms with van der Waals surface area (Å²) in [6.07, 6.45) is 3.76. The molecule has 0 unspecified atom stereocenters. The van der Waals surface area contributed by atoms with E-state index >= 15 is 0 Å². The summed E-state index contributed by atoms with van der Waals surface area (Å²) in [6.45, 7) is 2.75. The van der Waals surface area contributed by atoms with Gasteiger partial charge < -0.3 is 14.4 Å². The van der Waals surface area contributed by atoms with Crippen molar-refractivity contribution in [1.29, 1.82) is 0 Å². The third kappa shape index (κ3) is 2.89. The number of ether oxygens (including phenoxy) is 2. The normalized spacial score (nSPS) is 14.6. The highest BCUT2D eigenvalue weighted by atomic mass is 16.5. The van der Waals surface area contributed by atoms with Gasteiger partial charge in [0.1, 0.15) is 11.5 Å². The summed E-state index contributed by atoms with van der Waals surface area (Å²) in [6, 6.07) is 3.58. The van der Waals surface area contributed by atoms with E-state index in [1.165, 1.54) is 19.3 Å². The van der Waals surface area contributed by atoms with Crippen molar-refractivity contribution >= 4 is 5.91 Å². The van der Waals surface area contributed by atoms with Crippen molar-refractivity contribution in [3.8, 4) is 11.5 Å². The van der Waals surface area contributed by atoms with Crippen LogP contribution in [0.2, 0.25) is 0 Å². The van der Waals surface area contributed by atoms with Crippen molar-refractivity contribution in [2.24, 2.45) is 5.92 Å². The van der Waals surface area contributed by atoms with Crippen LogP contribution in [-0.2, 0) is 0 Å². The summed E-state index contributed by atoms with van der Waals surface area (Å²) in [4.78, 5) is 14.3. The van der Waals surface area contributed by atoms with Crippen LogP contribution in [0.1, 0.15) is 35.2 Å². The zero-order valence-corrected chi connectivity index (χ0v) is 12.7. The van der Waals surface area contributed by atoms with Gasteiger partial charge in [0.2, 0.25) is 0 Å². The molecule has 2 rings (SSSR count). The van der Waals surface area contributed by atoms with Crippen LogP contribution < -0.4 is 9.47 Å². The quantitative estimate of drug-likeness (QED) is 0.830. The predicted molar refractivity (Wildman–Crippen MR) is 78.6 cm³/mol. The Morgan fingerprint density at radius 2 is 1.80 bits per heavy atom. The Morgan fingerprint density at radius 3 is 2.20 bits per heavy atom. The molecule has 4 nitrogen and oxygen atoms in total. The fraction of sp³-hybridized carbons (Fsp3) is 0.562. The van der Waals surface area contributed by atoms with Crippen molar-refractivity contribution in [2.45, 2.75) is 26.2 Å². The molecule has 1 aromatic carbocycles. The molecule has 1 aliphatic rings. The summed E-state index contributed by atoms with van der Waals surface area (Å²) >= 11 is 0. The topological polar surface area (TPSA) is 38.8 Å². The molecule has 0 aliphatic heterocycles. The van der Waals surface area contributed by atoms with Gasteiger partial charge in [-0.05, 0) is 37.8 Å². The highest BCUT2D eigenvalue weighted by Crippen LogP contribution is 2.31. The zero-order chi connectivity index (χ0) is 14.7. The molecule has 1 amide bonds. The molecule has 0 atom stereocenters. The van der Waals surface area contributed by atoms with Crippen molar-refractivity contribution in [2.75, 3.05) is 27.8 Å². The van der Waals surface area contributed by atoms with E-state index in [9.17, 15) is 4.79 Å². The largest absolute Gasteiger partial charge is 0.496 e. The number of hydrogen-bond donors (Lipinski definition) is 0. The molecule has 4 heteroatoms. The van der Waals surface area contributed by atoms with Crippen LogP contribution in [0.3, 0.4) is 0 Å². The fourth-order valence-corrected chi connectivity index (χ4v) is 2.58. The van der Waals surface area contributed by atoms with Gasteiger partial charge in [-0.15, -0.1) is 0 Å². The standard InChI is InChI=1S/C16H23NO3/c1-11-14(19-3)8-13(9-15(11)20-4)16(18)17(2)10-12-6-5-7-12/h8-9,12H,5-7,10H2,1-4H3. The van der Waals surface area contributed by atoms with E-state index in [4.69, 9.17) is 9.47 Å². The number of rotatable bonds is 5. The van der Waals surface area contributed by atoms with Gasteiger partial charge in [0.05, 0.1) is 14.2 Å². The molecule has 0 spiro atoms. The number of hydrogen-bond acceptors (Lipinski definition) is 3. The van der Waals surface area contributed by atoms with E-state index in [1.54, 1.807) is 31.3 Å². The maximum absolute atomic E-state index is 12.5. The second-order valence-electron chi connectivity index (χ2n) is 5.49. The lowest BCUT2D eigenvalue weighted by atomic mass is 9.85. The van der Waals surface area contributed by atoms with Gasteiger partial charge in [-0.25, -0.2) is 0 Å². The molecule has 1 fully saturated rings. The molecular formula is C16H23NO3. The second kappa shape index (κ2) is 6.16. The molecule has 0 aromatic heterocycles. The lowest BCUT2D eigenvalue weighted by Crippen LogP contribution is -2.34. The lowest BCUT2D eigenvalue weighted by molar-refractivity contribution is 0.0744. The minimum Gasteiger partial charge on any atom is -0.496 e. The molecule has 0 radical (unpaired) electrons. The zero-order valence-electron chi connectivity index (χ0n) is 12.7. The molecule has 0 bridgehead atoms. The van der Waals surface area contributed by atoms with E-state index in [0.717, 1.165) is 12.1 Å². The van der Waals surface area contributed by atoms with Gasteiger partial charge in [0.15, 0.2) is 0 Å². The average Bonchev–Trinajstić information content (AvgIpc) is 2.42. The number of benzene rings is 1. The fourth-order valence-electron chi connectivity index (χ4n) is 2.58. The predicted octanol–water partition coefficient (Wildman–Crippen LogP) is 2.88. The molecular weight excluding hydrogens is 254 g/mol. The highest BCUT2D eigenvalue weighted by Gasteiger charge is 2.23. The Balaban J connectivity index is 2.19. The van der Waals surface area contributed by atoms with Crippen molar-refractivity contribution in [3.05, 3.63) is 23.3 Å². The van der Waals surface area contributed by atoms with Crippen LogP contribution in [0.25, 0.3) is 0 Å². The third-order valence-corrected chi connectivity index (χ3v) is 4.10. The van der Waals surface area contributed by atoms with E-state index in [0.29, 0.717) is 23.0 Å². The SMILES string of the molecule is COc1cc(C(=O)N(C)CC2CCC2)cc(OC)c1C. The first-order chi connectivity index (χ1) is 9.56. The minimum absolute atomic E-state index is 0.0218. The highest BCUT2D eigenvalue weighted by molar-refractivity contribution is 5.95. The molecule has 0 saturated heterocycles. The van der Waals surface area contributed by atoms with Crippen molar-refractivity contribution in [1.82, 2.24) is 4.90 Å². The first kappa shape index (κ1) is 14.7. The van der Waals surface area contributed by atoms with Crippen LogP contribution in [0.5, 0.6) is 11.5 Å². The molecule has 0 heterocycles. The Kier molecular flexibility index (Phi) is 4.53. The van der Waals surface area contributed by atoms with Gasteiger partial charge in [-0.1, -0.05) is 6.42 Å². The van der Waals surface area contributed by atoms with Crippen LogP contribution in [0, 0.1) is 12.8 Å². The Morgan fingerprint density at radius 1 is 1.25 bits per heavy atom. The Hall–Kier alpha value is -1.71. The third-order valence-electron chi connectivity index (χ3n) is 4.10. The number of carbonyl (C=O) groups excluding carboxylic acids is 1. The summed E-state index contributed by atoms with van der Waals surface area (Å²) in [5.41, 5.74) is 1.53.